The van der Waals surface area contributed by atoms with Crippen LogP contribution in [0.5, 0.6) is 0 Å². The highest BCUT2D eigenvalue weighted by Gasteiger charge is 2.21. The Morgan fingerprint density at radius 3 is 1.64 bits per heavy atom. The van der Waals surface area contributed by atoms with Crippen LogP contribution in [0.4, 0.5) is 0 Å². The van der Waals surface area contributed by atoms with E-state index in [4.69, 9.17) is 9.97 Å². The Morgan fingerprint density at radius 2 is 0.929 bits per heavy atom. The molecule has 0 aliphatic heterocycles. The normalized spacial score (nSPS) is 11.8. The quantitative estimate of drug-likeness (QED) is 0.163. The summed E-state index contributed by atoms with van der Waals surface area (Å²) in [6, 6.07) is 49.8. The lowest BCUT2D eigenvalue weighted by atomic mass is 9.85. The molecule has 9 aromatic rings. The van der Waals surface area contributed by atoms with E-state index in [-0.39, 0.29) is 0 Å². The molecule has 0 saturated heterocycles. The van der Waals surface area contributed by atoms with Gasteiger partial charge in [0.1, 0.15) is 0 Å². The second-order valence-electron chi connectivity index (χ2n) is 10.9. The summed E-state index contributed by atoms with van der Waals surface area (Å²) in [5.41, 5.74) is 6.64. The SMILES string of the molecule is c1ccc(-c2c3ccccc3c(-c3nc4ccccc4c4c3ccc3ncc5ccccc5c34)c3ccccc23)cc1. The predicted octanol–water partition coefficient (Wildman–Crippen LogP) is 10.7. The number of hydrogen-bond donors (Lipinski definition) is 0. The molecule has 0 radical (unpaired) electrons. The Morgan fingerprint density at radius 1 is 0.357 bits per heavy atom. The average molecular weight is 533 g/mol. The van der Waals surface area contributed by atoms with Crippen LogP contribution in [0.3, 0.4) is 0 Å². The van der Waals surface area contributed by atoms with E-state index in [1.54, 1.807) is 0 Å². The number of pyridine rings is 2. The van der Waals surface area contributed by atoms with Crippen molar-refractivity contribution in [3.05, 3.63) is 146 Å². The highest BCUT2D eigenvalue weighted by Crippen LogP contribution is 2.46. The number of para-hydroxylation sites is 1. The second kappa shape index (κ2) is 8.95. The highest BCUT2D eigenvalue weighted by atomic mass is 14.7. The first kappa shape index (κ1) is 23.1. The summed E-state index contributed by atoms with van der Waals surface area (Å²) in [6.45, 7) is 0. The van der Waals surface area contributed by atoms with Crippen LogP contribution in [0, 0.1) is 0 Å². The van der Waals surface area contributed by atoms with Crippen LogP contribution in [0.1, 0.15) is 0 Å². The Bertz CT molecular complexity index is 2460. The average Bonchev–Trinajstić information content (AvgIpc) is 3.06. The molecule has 0 bridgehead atoms. The van der Waals surface area contributed by atoms with Gasteiger partial charge in [-0.2, -0.15) is 0 Å². The van der Waals surface area contributed by atoms with Gasteiger partial charge in [-0.3, -0.25) is 4.98 Å². The first-order valence-corrected chi connectivity index (χ1v) is 14.3. The van der Waals surface area contributed by atoms with Crippen LogP contribution in [-0.4, -0.2) is 9.97 Å². The summed E-state index contributed by atoms with van der Waals surface area (Å²) in [4.78, 5) is 10.3. The molecule has 0 spiro atoms. The Balaban J connectivity index is 1.53. The molecule has 194 valence electrons. The lowest BCUT2D eigenvalue weighted by molar-refractivity contribution is 1.43. The zero-order chi connectivity index (χ0) is 27.6. The third-order valence-electron chi connectivity index (χ3n) is 8.65. The number of aromatic nitrogens is 2. The van der Waals surface area contributed by atoms with E-state index in [1.165, 1.54) is 54.4 Å². The first-order chi connectivity index (χ1) is 20.9. The Hall–Kier alpha value is -5.60. The van der Waals surface area contributed by atoms with Crippen LogP contribution < -0.4 is 0 Å². The molecule has 2 heteroatoms. The highest BCUT2D eigenvalue weighted by molar-refractivity contribution is 6.30. The molecule has 42 heavy (non-hydrogen) atoms. The van der Waals surface area contributed by atoms with Crippen molar-refractivity contribution >= 4 is 64.9 Å². The van der Waals surface area contributed by atoms with Gasteiger partial charge < -0.3 is 0 Å². The number of benzene rings is 7. The zero-order valence-electron chi connectivity index (χ0n) is 22.8. The van der Waals surface area contributed by atoms with Crippen LogP contribution in [0.15, 0.2) is 146 Å². The minimum Gasteiger partial charge on any atom is -0.256 e. The Labute approximate surface area is 242 Å². The van der Waals surface area contributed by atoms with Crippen molar-refractivity contribution in [1.29, 1.82) is 0 Å². The molecule has 9 rings (SSSR count). The van der Waals surface area contributed by atoms with Gasteiger partial charge >= 0.3 is 0 Å². The number of nitrogens with zero attached hydrogens (tertiary/aromatic N) is 2. The number of hydrogen-bond acceptors (Lipinski definition) is 2. The third-order valence-corrected chi connectivity index (χ3v) is 8.65. The van der Waals surface area contributed by atoms with Gasteiger partial charge in [-0.15, -0.1) is 0 Å². The molecule has 0 aliphatic rings. The molecule has 0 N–H and O–H groups in total. The molecule has 0 saturated carbocycles. The van der Waals surface area contributed by atoms with Crippen molar-refractivity contribution in [3.63, 3.8) is 0 Å². The molecule has 7 aromatic carbocycles. The summed E-state index contributed by atoms with van der Waals surface area (Å²) in [5.74, 6) is 0. The molecule has 0 amide bonds. The molecular weight excluding hydrogens is 508 g/mol. The monoisotopic (exact) mass is 532 g/mol. The van der Waals surface area contributed by atoms with Crippen molar-refractivity contribution in [2.45, 2.75) is 0 Å². The molecule has 2 nitrogen and oxygen atoms in total. The Kier molecular flexibility index (Phi) is 4.93. The maximum Gasteiger partial charge on any atom is 0.0800 e. The van der Waals surface area contributed by atoms with E-state index in [0.717, 1.165) is 32.9 Å². The molecular formula is C40H24N2. The van der Waals surface area contributed by atoms with Gasteiger partial charge in [0, 0.05) is 38.7 Å². The molecule has 0 aliphatic carbocycles. The fourth-order valence-electron chi connectivity index (χ4n) is 6.88. The maximum absolute atomic E-state index is 5.44. The van der Waals surface area contributed by atoms with Gasteiger partial charge in [0.05, 0.1) is 16.7 Å². The molecule has 2 aromatic heterocycles. The number of rotatable bonds is 2. The van der Waals surface area contributed by atoms with E-state index >= 15 is 0 Å². The first-order valence-electron chi connectivity index (χ1n) is 14.3. The molecule has 2 heterocycles. The minimum atomic E-state index is 0.987. The largest absolute Gasteiger partial charge is 0.256 e. The van der Waals surface area contributed by atoms with Gasteiger partial charge in [0.15, 0.2) is 0 Å². The van der Waals surface area contributed by atoms with E-state index in [0.29, 0.717) is 0 Å². The summed E-state index contributed by atoms with van der Waals surface area (Å²) in [6.07, 6.45) is 1.98. The summed E-state index contributed by atoms with van der Waals surface area (Å²) in [7, 11) is 0. The zero-order valence-corrected chi connectivity index (χ0v) is 22.8. The third kappa shape index (κ3) is 3.27. The van der Waals surface area contributed by atoms with E-state index in [1.807, 2.05) is 6.20 Å². The topological polar surface area (TPSA) is 25.8 Å². The standard InChI is InChI=1S/C40H24N2/c1-2-12-25(13-3-1)36-28-16-6-8-18-30(28)38(31-19-9-7-17-29(31)36)40-33-22-23-35-39(27-15-5-4-14-26(27)24-41-35)37(33)32-20-10-11-21-34(32)42-40/h1-24H. The van der Waals surface area contributed by atoms with Gasteiger partial charge in [0.2, 0.25) is 0 Å². The number of fused-ring (bicyclic) bond motifs is 9. The van der Waals surface area contributed by atoms with Crippen LogP contribution >= 0.6 is 0 Å². The summed E-state index contributed by atoms with van der Waals surface area (Å²) < 4.78 is 0. The van der Waals surface area contributed by atoms with Crippen molar-refractivity contribution in [3.8, 4) is 22.4 Å². The molecule has 0 unspecified atom stereocenters. The fourth-order valence-corrected chi connectivity index (χ4v) is 6.88. The van der Waals surface area contributed by atoms with Crippen LogP contribution in [-0.2, 0) is 0 Å². The van der Waals surface area contributed by atoms with Crippen molar-refractivity contribution in [1.82, 2.24) is 9.97 Å². The molecule has 0 atom stereocenters. The smallest absolute Gasteiger partial charge is 0.0800 e. The minimum absolute atomic E-state index is 0.987. The predicted molar refractivity (Wildman–Crippen MR) is 178 cm³/mol. The van der Waals surface area contributed by atoms with Gasteiger partial charge in [0.25, 0.3) is 0 Å². The van der Waals surface area contributed by atoms with Gasteiger partial charge in [-0.05, 0) is 56.3 Å². The van der Waals surface area contributed by atoms with Crippen molar-refractivity contribution in [2.24, 2.45) is 0 Å². The van der Waals surface area contributed by atoms with Crippen LogP contribution in [0.25, 0.3) is 87.3 Å². The molecule has 0 fully saturated rings. The lowest BCUT2D eigenvalue weighted by Crippen LogP contribution is -1.95. The summed E-state index contributed by atoms with van der Waals surface area (Å²) >= 11 is 0. The van der Waals surface area contributed by atoms with E-state index < -0.39 is 0 Å². The van der Waals surface area contributed by atoms with E-state index in [2.05, 4.69) is 140 Å². The van der Waals surface area contributed by atoms with Gasteiger partial charge in [-0.1, -0.05) is 121 Å². The van der Waals surface area contributed by atoms with Crippen LogP contribution in [0.2, 0.25) is 0 Å². The fraction of sp³-hybridized carbons (Fsp3) is 0. The lowest BCUT2D eigenvalue weighted by Gasteiger charge is -2.19. The van der Waals surface area contributed by atoms with Crippen molar-refractivity contribution in [2.75, 3.05) is 0 Å². The van der Waals surface area contributed by atoms with E-state index in [9.17, 15) is 0 Å². The maximum atomic E-state index is 5.44. The summed E-state index contributed by atoms with van der Waals surface area (Å²) in [5, 5.41) is 11.9. The second-order valence-corrected chi connectivity index (χ2v) is 10.9. The van der Waals surface area contributed by atoms with Crippen molar-refractivity contribution < 1.29 is 0 Å². The van der Waals surface area contributed by atoms with Gasteiger partial charge in [-0.25, -0.2) is 4.98 Å².